The van der Waals surface area contributed by atoms with E-state index in [1.165, 1.54) is 17.4 Å². The van der Waals surface area contributed by atoms with E-state index >= 15 is 0 Å². The van der Waals surface area contributed by atoms with Gasteiger partial charge in [-0.1, -0.05) is 17.4 Å². The van der Waals surface area contributed by atoms with Gasteiger partial charge in [0.05, 0.1) is 10.2 Å². The summed E-state index contributed by atoms with van der Waals surface area (Å²) in [6.45, 7) is 1.97. The number of aromatic nitrogens is 1. The van der Waals surface area contributed by atoms with E-state index in [4.69, 9.17) is 0 Å². The number of amides is 1. The van der Waals surface area contributed by atoms with Crippen LogP contribution >= 0.6 is 11.3 Å². The van der Waals surface area contributed by atoms with Crippen LogP contribution in [0.2, 0.25) is 0 Å². The van der Waals surface area contributed by atoms with Crippen LogP contribution in [-0.2, 0) is 10.0 Å². The van der Waals surface area contributed by atoms with Gasteiger partial charge in [-0.2, -0.15) is 0 Å². The average molecular weight is 405 g/mol. The molecule has 2 aromatic carbocycles. The molecule has 0 aliphatic heterocycles. The van der Waals surface area contributed by atoms with Gasteiger partial charge in [0.1, 0.15) is 10.7 Å². The maximum absolute atomic E-state index is 14.0. The number of carbonyl (C=O) groups is 1. The Hall–Kier alpha value is -2.36. The summed E-state index contributed by atoms with van der Waals surface area (Å²) in [5.41, 5.74) is 1.89. The van der Waals surface area contributed by atoms with Crippen LogP contribution in [0.15, 0.2) is 41.3 Å². The number of aryl methyl sites for hydroxylation is 1. The summed E-state index contributed by atoms with van der Waals surface area (Å²) >= 11 is 1.32. The van der Waals surface area contributed by atoms with Gasteiger partial charge >= 0.3 is 0 Å². The van der Waals surface area contributed by atoms with E-state index in [-0.39, 0.29) is 11.6 Å². The predicted octanol–water partition coefficient (Wildman–Crippen LogP) is 3.44. The number of fused-ring (bicyclic) bond motifs is 1. The molecule has 27 heavy (non-hydrogen) atoms. The molecule has 1 aromatic heterocycles. The molecular formula is C18H16FN3O3S2. The van der Waals surface area contributed by atoms with Crippen LogP contribution in [0.25, 0.3) is 10.2 Å². The van der Waals surface area contributed by atoms with Gasteiger partial charge in [-0.3, -0.25) is 10.1 Å². The molecule has 0 spiro atoms. The fourth-order valence-corrected chi connectivity index (χ4v) is 4.96. The van der Waals surface area contributed by atoms with Crippen molar-refractivity contribution in [3.63, 3.8) is 0 Å². The van der Waals surface area contributed by atoms with E-state index < -0.39 is 26.6 Å². The molecule has 140 valence electrons. The fraction of sp³-hybridized carbons (Fsp3) is 0.222. The largest absolute Gasteiger partial charge is 0.298 e. The third kappa shape index (κ3) is 3.85. The smallest absolute Gasteiger partial charge is 0.257 e. The van der Waals surface area contributed by atoms with E-state index in [2.05, 4.69) is 15.0 Å². The Morgan fingerprint density at radius 2 is 2.00 bits per heavy atom. The van der Waals surface area contributed by atoms with Gasteiger partial charge < -0.3 is 0 Å². The van der Waals surface area contributed by atoms with Crippen LogP contribution in [0.4, 0.5) is 9.52 Å². The molecule has 1 aliphatic rings. The van der Waals surface area contributed by atoms with Crippen molar-refractivity contribution in [3.8, 4) is 0 Å². The molecule has 1 fully saturated rings. The van der Waals surface area contributed by atoms with Crippen molar-refractivity contribution < 1.29 is 17.6 Å². The summed E-state index contributed by atoms with van der Waals surface area (Å²) in [5, 5.41) is 3.04. The van der Waals surface area contributed by atoms with Crippen LogP contribution in [0.5, 0.6) is 0 Å². The first-order chi connectivity index (χ1) is 12.8. The second-order valence-corrected chi connectivity index (χ2v) is 9.20. The predicted molar refractivity (Wildman–Crippen MR) is 102 cm³/mol. The van der Waals surface area contributed by atoms with E-state index in [1.54, 1.807) is 0 Å². The molecule has 0 saturated heterocycles. The van der Waals surface area contributed by atoms with Crippen molar-refractivity contribution in [1.82, 2.24) is 9.71 Å². The zero-order valence-corrected chi connectivity index (χ0v) is 16.0. The zero-order chi connectivity index (χ0) is 19.2. The number of thiazole rings is 1. The Bertz CT molecular complexity index is 1150. The van der Waals surface area contributed by atoms with Gasteiger partial charge in [-0.05, 0) is 55.7 Å². The van der Waals surface area contributed by atoms with E-state index in [9.17, 15) is 17.6 Å². The highest BCUT2D eigenvalue weighted by Gasteiger charge is 2.30. The number of benzene rings is 2. The van der Waals surface area contributed by atoms with Crippen LogP contribution < -0.4 is 10.0 Å². The maximum atomic E-state index is 14.0. The first-order valence-corrected chi connectivity index (χ1v) is 10.6. The second kappa shape index (κ2) is 6.66. The average Bonchev–Trinajstić information content (AvgIpc) is 3.31. The standard InChI is InChI=1S/C18H16FN3O3S2/c1-10-2-7-14-15(8-10)26-18(20-14)21-17(23)11-3-6-13(19)16(9-11)27(24,25)22-12-4-5-12/h2-3,6-9,12,22H,4-5H2,1H3,(H,20,21,23). The SMILES string of the molecule is Cc1ccc2nc(NC(=O)c3ccc(F)c(S(=O)(=O)NC4CC4)c3)sc2c1. The maximum Gasteiger partial charge on any atom is 0.257 e. The third-order valence-electron chi connectivity index (χ3n) is 4.15. The lowest BCUT2D eigenvalue weighted by atomic mass is 10.2. The first kappa shape index (κ1) is 18.0. The summed E-state index contributed by atoms with van der Waals surface area (Å²) < 4.78 is 42.0. The quantitative estimate of drug-likeness (QED) is 0.681. The van der Waals surface area contributed by atoms with Gasteiger partial charge in [0.25, 0.3) is 5.91 Å². The summed E-state index contributed by atoms with van der Waals surface area (Å²) in [6, 6.07) is 8.89. The number of rotatable bonds is 5. The van der Waals surface area contributed by atoms with Crippen molar-refractivity contribution in [2.75, 3.05) is 5.32 Å². The summed E-state index contributed by atoms with van der Waals surface area (Å²) in [7, 11) is -4.00. The number of hydrogen-bond acceptors (Lipinski definition) is 5. The first-order valence-electron chi connectivity index (χ1n) is 8.32. The number of halogens is 1. The van der Waals surface area contributed by atoms with Crippen molar-refractivity contribution >= 4 is 42.6 Å². The Balaban J connectivity index is 1.60. The number of anilines is 1. The summed E-state index contributed by atoms with van der Waals surface area (Å²) in [5.74, 6) is -1.44. The molecular weight excluding hydrogens is 389 g/mol. The summed E-state index contributed by atoms with van der Waals surface area (Å²) in [6.07, 6.45) is 1.47. The number of nitrogens with zero attached hydrogens (tertiary/aromatic N) is 1. The van der Waals surface area contributed by atoms with E-state index in [0.29, 0.717) is 5.13 Å². The van der Waals surface area contributed by atoms with Gasteiger partial charge in [0.2, 0.25) is 10.0 Å². The Labute approximate surface area is 159 Å². The fourth-order valence-electron chi connectivity index (χ4n) is 2.59. The van der Waals surface area contributed by atoms with Gasteiger partial charge in [-0.25, -0.2) is 22.5 Å². The monoisotopic (exact) mass is 405 g/mol. The Morgan fingerprint density at radius 1 is 1.22 bits per heavy atom. The topological polar surface area (TPSA) is 88.2 Å². The summed E-state index contributed by atoms with van der Waals surface area (Å²) in [4.78, 5) is 16.3. The molecule has 0 radical (unpaired) electrons. The number of nitrogens with one attached hydrogen (secondary N) is 2. The van der Waals surface area contributed by atoms with E-state index in [0.717, 1.165) is 40.8 Å². The molecule has 0 atom stereocenters. The third-order valence-corrected chi connectivity index (χ3v) is 6.62. The second-order valence-electron chi connectivity index (χ2n) is 6.49. The number of sulfonamides is 1. The molecule has 0 bridgehead atoms. The number of hydrogen-bond donors (Lipinski definition) is 2. The highest BCUT2D eigenvalue weighted by molar-refractivity contribution is 7.89. The van der Waals surface area contributed by atoms with Gasteiger partial charge in [0.15, 0.2) is 5.13 Å². The molecule has 1 amide bonds. The zero-order valence-electron chi connectivity index (χ0n) is 14.3. The lowest BCUT2D eigenvalue weighted by molar-refractivity contribution is 0.102. The van der Waals surface area contributed by atoms with Crippen molar-refractivity contribution in [2.45, 2.75) is 30.7 Å². The molecule has 1 heterocycles. The highest BCUT2D eigenvalue weighted by atomic mass is 32.2. The molecule has 4 rings (SSSR count). The van der Waals surface area contributed by atoms with Gasteiger partial charge in [0, 0.05) is 11.6 Å². The van der Waals surface area contributed by atoms with Crippen molar-refractivity contribution in [3.05, 3.63) is 53.3 Å². The molecule has 2 N–H and O–H groups in total. The molecule has 3 aromatic rings. The Morgan fingerprint density at radius 3 is 2.74 bits per heavy atom. The van der Waals surface area contributed by atoms with Crippen LogP contribution in [0.3, 0.4) is 0 Å². The normalized spacial score (nSPS) is 14.4. The minimum Gasteiger partial charge on any atom is -0.298 e. The lowest BCUT2D eigenvalue weighted by Gasteiger charge is -2.08. The molecule has 9 heteroatoms. The van der Waals surface area contributed by atoms with Crippen molar-refractivity contribution in [2.24, 2.45) is 0 Å². The molecule has 0 unspecified atom stereocenters. The minimum atomic E-state index is -4.00. The van der Waals surface area contributed by atoms with Crippen LogP contribution in [-0.4, -0.2) is 25.4 Å². The highest BCUT2D eigenvalue weighted by Crippen LogP contribution is 2.28. The number of carbonyl (C=O) groups excluding carboxylic acids is 1. The lowest BCUT2D eigenvalue weighted by Crippen LogP contribution is -2.27. The van der Waals surface area contributed by atoms with Crippen LogP contribution in [0.1, 0.15) is 28.8 Å². The van der Waals surface area contributed by atoms with E-state index in [1.807, 2.05) is 25.1 Å². The van der Waals surface area contributed by atoms with Crippen LogP contribution in [0, 0.1) is 12.7 Å². The molecule has 1 saturated carbocycles. The Kier molecular flexibility index (Phi) is 4.45. The minimum absolute atomic E-state index is 0.0445. The molecule has 6 nitrogen and oxygen atoms in total. The van der Waals surface area contributed by atoms with Crippen molar-refractivity contribution in [1.29, 1.82) is 0 Å². The van der Waals surface area contributed by atoms with Gasteiger partial charge in [-0.15, -0.1) is 0 Å². The molecule has 1 aliphatic carbocycles.